The number of halogens is 1. The Balaban J connectivity index is 1.47. The summed E-state index contributed by atoms with van der Waals surface area (Å²) in [6.07, 6.45) is 4.64. The number of furan rings is 1. The van der Waals surface area contributed by atoms with Crippen LogP contribution in [-0.4, -0.2) is 32.9 Å². The quantitative estimate of drug-likeness (QED) is 0.648. The van der Waals surface area contributed by atoms with Crippen molar-refractivity contribution >= 4 is 11.8 Å². The van der Waals surface area contributed by atoms with Gasteiger partial charge in [-0.15, -0.1) is 0 Å². The van der Waals surface area contributed by atoms with Crippen LogP contribution in [0.3, 0.4) is 0 Å². The molecule has 0 saturated heterocycles. The summed E-state index contributed by atoms with van der Waals surface area (Å²) in [5, 5.41) is 13.4. The Bertz CT molecular complexity index is 756. The third-order valence-electron chi connectivity index (χ3n) is 3.87. The highest BCUT2D eigenvalue weighted by Gasteiger charge is 2.26. The molecule has 1 aliphatic carbocycles. The third-order valence-corrected chi connectivity index (χ3v) is 3.87. The predicted octanol–water partition coefficient (Wildman–Crippen LogP) is 2.24. The van der Waals surface area contributed by atoms with E-state index in [1.54, 1.807) is 0 Å². The average molecular weight is 350 g/mol. The molecule has 2 heterocycles. The molecule has 25 heavy (non-hydrogen) atoms. The molecule has 1 N–H and O–H groups in total. The molecule has 1 saturated carbocycles. The van der Waals surface area contributed by atoms with Crippen LogP contribution in [0.5, 0.6) is 6.01 Å². The van der Waals surface area contributed by atoms with E-state index in [0.29, 0.717) is 25.7 Å². The minimum absolute atomic E-state index is 0.0781. The molecule has 0 spiro atoms. The maximum atomic E-state index is 12.8. The Labute approximate surface area is 141 Å². The number of ether oxygens (including phenoxy) is 1. The number of carbonyl (C=O) groups is 1. The summed E-state index contributed by atoms with van der Waals surface area (Å²) >= 11 is 0. The molecule has 10 heteroatoms. The number of nitrogens with zero attached hydrogens (tertiary/aromatic N) is 3. The monoisotopic (exact) mass is 350 g/mol. The van der Waals surface area contributed by atoms with Gasteiger partial charge in [0.15, 0.2) is 11.6 Å². The molecule has 0 aromatic carbocycles. The molecule has 2 aromatic heterocycles. The summed E-state index contributed by atoms with van der Waals surface area (Å²) in [5.41, 5.74) is 0. The van der Waals surface area contributed by atoms with Crippen molar-refractivity contribution in [2.75, 3.05) is 0 Å². The Morgan fingerprint density at radius 3 is 2.56 bits per heavy atom. The summed E-state index contributed by atoms with van der Waals surface area (Å²) in [7, 11) is 0. The molecule has 9 nitrogen and oxygen atoms in total. The van der Waals surface area contributed by atoms with Gasteiger partial charge in [-0.05, 0) is 31.7 Å². The zero-order valence-corrected chi connectivity index (χ0v) is 13.1. The lowest BCUT2D eigenvalue weighted by Crippen LogP contribution is -2.39. The van der Waals surface area contributed by atoms with E-state index in [9.17, 15) is 19.3 Å². The fourth-order valence-electron chi connectivity index (χ4n) is 2.64. The summed E-state index contributed by atoms with van der Waals surface area (Å²) < 4.78 is 23.2. The topological polar surface area (TPSA) is 120 Å². The second kappa shape index (κ2) is 7.24. The van der Waals surface area contributed by atoms with Gasteiger partial charge in [0, 0.05) is 6.04 Å². The lowest BCUT2D eigenvalue weighted by atomic mass is 9.93. The van der Waals surface area contributed by atoms with Gasteiger partial charge in [-0.2, -0.15) is 0 Å². The molecule has 0 unspecified atom stereocenters. The first-order chi connectivity index (χ1) is 12.0. The van der Waals surface area contributed by atoms with E-state index in [1.807, 2.05) is 0 Å². The van der Waals surface area contributed by atoms with Gasteiger partial charge in [0.1, 0.15) is 11.0 Å². The van der Waals surface area contributed by atoms with Gasteiger partial charge >= 0.3 is 11.9 Å². The highest BCUT2D eigenvalue weighted by Crippen LogP contribution is 2.23. The predicted molar refractivity (Wildman–Crippen MR) is 81.5 cm³/mol. The molecule has 0 aliphatic heterocycles. The SMILES string of the molecule is O=C(NC1CCC(Oc2ncc(F)cn2)CC1)c1ccc([N+](=O)[O-])o1. The first-order valence-electron chi connectivity index (χ1n) is 7.70. The van der Waals surface area contributed by atoms with E-state index < -0.39 is 22.5 Å². The van der Waals surface area contributed by atoms with Crippen LogP contribution in [0.25, 0.3) is 0 Å². The van der Waals surface area contributed by atoms with E-state index in [1.165, 1.54) is 6.07 Å². The number of rotatable bonds is 5. The van der Waals surface area contributed by atoms with Gasteiger partial charge in [-0.25, -0.2) is 14.4 Å². The smallest absolute Gasteiger partial charge is 0.433 e. The van der Waals surface area contributed by atoms with Crippen molar-refractivity contribution in [1.82, 2.24) is 15.3 Å². The largest absolute Gasteiger partial charge is 0.460 e. The molecule has 0 radical (unpaired) electrons. The summed E-state index contributed by atoms with van der Waals surface area (Å²) in [5.74, 6) is -1.58. The van der Waals surface area contributed by atoms with Crippen molar-refractivity contribution < 1.29 is 23.3 Å². The molecule has 3 rings (SSSR count). The van der Waals surface area contributed by atoms with Crippen LogP contribution in [0.4, 0.5) is 10.3 Å². The van der Waals surface area contributed by atoms with Crippen LogP contribution >= 0.6 is 0 Å². The van der Waals surface area contributed by atoms with Crippen molar-refractivity contribution in [2.24, 2.45) is 0 Å². The molecule has 0 atom stereocenters. The Kier molecular flexibility index (Phi) is 4.87. The number of aromatic nitrogens is 2. The molecule has 1 amide bonds. The second-order valence-electron chi connectivity index (χ2n) is 5.64. The standard InChI is InChI=1S/C15H15FN4O5/c16-9-7-17-15(18-8-9)24-11-3-1-10(2-4-11)19-14(21)12-5-6-13(25-12)20(22)23/h5-8,10-11H,1-4H2,(H,19,21). The van der Waals surface area contributed by atoms with Gasteiger partial charge < -0.3 is 14.5 Å². The van der Waals surface area contributed by atoms with Crippen LogP contribution in [-0.2, 0) is 0 Å². The highest BCUT2D eigenvalue weighted by molar-refractivity contribution is 5.91. The number of hydrogen-bond donors (Lipinski definition) is 1. The molecular formula is C15H15FN4O5. The number of nitrogens with one attached hydrogen (secondary N) is 1. The Morgan fingerprint density at radius 2 is 1.96 bits per heavy atom. The van der Waals surface area contributed by atoms with E-state index >= 15 is 0 Å². The fourth-order valence-corrected chi connectivity index (χ4v) is 2.64. The number of hydrogen-bond acceptors (Lipinski definition) is 7. The zero-order valence-electron chi connectivity index (χ0n) is 13.1. The molecule has 132 valence electrons. The van der Waals surface area contributed by atoms with Gasteiger partial charge in [0.2, 0.25) is 0 Å². The van der Waals surface area contributed by atoms with Crippen LogP contribution in [0.1, 0.15) is 36.2 Å². The van der Waals surface area contributed by atoms with Crippen molar-refractivity contribution in [3.63, 3.8) is 0 Å². The van der Waals surface area contributed by atoms with Gasteiger partial charge in [-0.1, -0.05) is 0 Å². The van der Waals surface area contributed by atoms with E-state index in [0.717, 1.165) is 18.5 Å². The summed E-state index contributed by atoms with van der Waals surface area (Å²) in [6, 6.07) is 2.46. The lowest BCUT2D eigenvalue weighted by molar-refractivity contribution is -0.402. The molecule has 0 bridgehead atoms. The zero-order chi connectivity index (χ0) is 17.8. The summed E-state index contributed by atoms with van der Waals surface area (Å²) in [6.45, 7) is 0. The third kappa shape index (κ3) is 4.28. The Hall–Kier alpha value is -3.04. The van der Waals surface area contributed by atoms with Crippen molar-refractivity contribution in [3.8, 4) is 6.01 Å². The van der Waals surface area contributed by atoms with Gasteiger partial charge in [0.25, 0.3) is 5.91 Å². The number of carbonyl (C=O) groups excluding carboxylic acids is 1. The highest BCUT2D eigenvalue weighted by atomic mass is 19.1. The molecule has 1 fully saturated rings. The first-order valence-corrected chi connectivity index (χ1v) is 7.70. The first kappa shape index (κ1) is 16.8. The maximum Gasteiger partial charge on any atom is 0.433 e. The van der Waals surface area contributed by atoms with E-state index in [-0.39, 0.29) is 23.9 Å². The fraction of sp³-hybridized carbons (Fsp3) is 0.400. The molecule has 2 aromatic rings. The van der Waals surface area contributed by atoms with Gasteiger partial charge in [0.05, 0.1) is 18.5 Å². The lowest BCUT2D eigenvalue weighted by Gasteiger charge is -2.28. The molecular weight excluding hydrogens is 335 g/mol. The average Bonchev–Trinajstić information content (AvgIpc) is 3.09. The van der Waals surface area contributed by atoms with Crippen LogP contribution in [0, 0.1) is 15.9 Å². The van der Waals surface area contributed by atoms with Crippen molar-refractivity contribution in [1.29, 1.82) is 0 Å². The summed E-state index contributed by atoms with van der Waals surface area (Å²) in [4.78, 5) is 29.4. The number of nitro groups is 1. The van der Waals surface area contributed by atoms with Crippen molar-refractivity contribution in [2.45, 2.75) is 37.8 Å². The minimum atomic E-state index is -0.698. The van der Waals surface area contributed by atoms with Crippen molar-refractivity contribution in [3.05, 3.63) is 46.2 Å². The maximum absolute atomic E-state index is 12.8. The van der Waals surface area contributed by atoms with Crippen LogP contribution in [0.15, 0.2) is 28.9 Å². The minimum Gasteiger partial charge on any atom is -0.460 e. The second-order valence-corrected chi connectivity index (χ2v) is 5.64. The molecule has 1 aliphatic rings. The van der Waals surface area contributed by atoms with E-state index in [4.69, 9.17) is 9.15 Å². The van der Waals surface area contributed by atoms with Crippen LogP contribution < -0.4 is 10.1 Å². The van der Waals surface area contributed by atoms with Crippen LogP contribution in [0.2, 0.25) is 0 Å². The normalized spacial score (nSPS) is 20.0. The van der Waals surface area contributed by atoms with Gasteiger partial charge in [-0.3, -0.25) is 14.9 Å². The van der Waals surface area contributed by atoms with E-state index in [2.05, 4.69) is 15.3 Å². The Morgan fingerprint density at radius 1 is 1.28 bits per heavy atom. The number of amides is 1.